The van der Waals surface area contributed by atoms with Crippen LogP contribution < -0.4 is 11.1 Å². The summed E-state index contributed by atoms with van der Waals surface area (Å²) in [5.41, 5.74) is 4.61. The highest BCUT2D eigenvalue weighted by molar-refractivity contribution is 5.74. The summed E-state index contributed by atoms with van der Waals surface area (Å²) in [6, 6.07) is 4.43. The molecule has 100 valence electrons. The van der Waals surface area contributed by atoms with Gasteiger partial charge in [-0.3, -0.25) is 0 Å². The van der Waals surface area contributed by atoms with Gasteiger partial charge >= 0.3 is 0 Å². The molecule has 0 aliphatic heterocycles. The SMILES string of the molecule is Cc1ccc(Nc2c(N)c(F)cc(F)c2F)c(F)c1. The second-order valence-electron chi connectivity index (χ2n) is 4.05. The lowest BCUT2D eigenvalue weighted by Crippen LogP contribution is -2.05. The Labute approximate surface area is 106 Å². The number of anilines is 3. The molecule has 0 bridgehead atoms. The van der Waals surface area contributed by atoms with Crippen molar-refractivity contribution in [1.82, 2.24) is 0 Å². The smallest absolute Gasteiger partial charge is 0.184 e. The summed E-state index contributed by atoms with van der Waals surface area (Å²) in [6.45, 7) is 1.67. The Morgan fingerprint density at radius 1 is 0.947 bits per heavy atom. The molecule has 19 heavy (non-hydrogen) atoms. The molecule has 3 N–H and O–H groups in total. The average Bonchev–Trinajstić information content (AvgIpc) is 2.34. The Hall–Kier alpha value is -2.24. The molecular formula is C13H10F4N2. The summed E-state index contributed by atoms with van der Waals surface area (Å²) in [5, 5.41) is 2.26. The lowest BCUT2D eigenvalue weighted by molar-refractivity contribution is 0.499. The molecule has 2 nitrogen and oxygen atoms in total. The molecular weight excluding hydrogens is 260 g/mol. The second kappa shape index (κ2) is 4.79. The van der Waals surface area contributed by atoms with E-state index < -0.39 is 34.6 Å². The first-order valence-electron chi connectivity index (χ1n) is 5.36. The zero-order chi connectivity index (χ0) is 14.2. The van der Waals surface area contributed by atoms with E-state index >= 15 is 0 Å². The molecule has 2 aromatic rings. The van der Waals surface area contributed by atoms with Gasteiger partial charge in [0.15, 0.2) is 17.5 Å². The molecule has 0 saturated carbocycles. The van der Waals surface area contributed by atoms with Gasteiger partial charge in [-0.2, -0.15) is 0 Å². The zero-order valence-electron chi connectivity index (χ0n) is 9.90. The summed E-state index contributed by atoms with van der Waals surface area (Å²) in [7, 11) is 0. The highest BCUT2D eigenvalue weighted by atomic mass is 19.2. The Balaban J connectivity index is 2.49. The van der Waals surface area contributed by atoms with E-state index in [1.165, 1.54) is 12.1 Å². The van der Waals surface area contributed by atoms with E-state index in [0.717, 1.165) is 0 Å². The Morgan fingerprint density at radius 3 is 2.26 bits per heavy atom. The molecule has 6 heteroatoms. The van der Waals surface area contributed by atoms with Gasteiger partial charge in [-0.05, 0) is 24.6 Å². The van der Waals surface area contributed by atoms with E-state index in [-0.39, 0.29) is 5.69 Å². The fraction of sp³-hybridized carbons (Fsp3) is 0.0769. The fourth-order valence-corrected chi connectivity index (χ4v) is 1.59. The van der Waals surface area contributed by atoms with Gasteiger partial charge in [-0.25, -0.2) is 17.6 Å². The van der Waals surface area contributed by atoms with Gasteiger partial charge in [0.1, 0.15) is 11.5 Å². The van der Waals surface area contributed by atoms with Gasteiger partial charge in [-0.1, -0.05) is 6.07 Å². The molecule has 0 unspecified atom stereocenters. The third-order valence-corrected chi connectivity index (χ3v) is 2.59. The molecule has 2 rings (SSSR count). The van der Waals surface area contributed by atoms with Gasteiger partial charge in [0.2, 0.25) is 0 Å². The number of nitrogens with two attached hydrogens (primary N) is 1. The van der Waals surface area contributed by atoms with Crippen molar-refractivity contribution in [3.8, 4) is 0 Å². The summed E-state index contributed by atoms with van der Waals surface area (Å²) < 4.78 is 53.4. The van der Waals surface area contributed by atoms with E-state index in [9.17, 15) is 17.6 Å². The molecule has 0 aliphatic carbocycles. The van der Waals surface area contributed by atoms with E-state index in [1.807, 2.05) is 0 Å². The van der Waals surface area contributed by atoms with Gasteiger partial charge < -0.3 is 11.1 Å². The summed E-state index contributed by atoms with van der Waals surface area (Å²) in [5.74, 6) is -4.56. The first-order valence-corrected chi connectivity index (χ1v) is 5.36. The van der Waals surface area contributed by atoms with Crippen LogP contribution in [0.3, 0.4) is 0 Å². The van der Waals surface area contributed by atoms with Crippen molar-refractivity contribution in [2.75, 3.05) is 11.1 Å². The van der Waals surface area contributed by atoms with Gasteiger partial charge in [0.25, 0.3) is 0 Å². The van der Waals surface area contributed by atoms with Crippen molar-refractivity contribution in [2.24, 2.45) is 0 Å². The van der Waals surface area contributed by atoms with Crippen LogP contribution in [-0.4, -0.2) is 0 Å². The number of rotatable bonds is 2. The van der Waals surface area contributed by atoms with Crippen LogP contribution in [0, 0.1) is 30.2 Å². The number of nitrogens with one attached hydrogen (secondary N) is 1. The first kappa shape index (κ1) is 13.2. The van der Waals surface area contributed by atoms with Gasteiger partial charge in [0, 0.05) is 6.07 Å². The molecule has 0 saturated heterocycles. The number of nitrogen functional groups attached to an aromatic ring is 1. The average molecular weight is 270 g/mol. The maximum atomic E-state index is 13.6. The summed E-state index contributed by atoms with van der Waals surface area (Å²) in [4.78, 5) is 0. The lowest BCUT2D eigenvalue weighted by atomic mass is 10.2. The number of hydrogen-bond donors (Lipinski definition) is 2. The highest BCUT2D eigenvalue weighted by Gasteiger charge is 2.18. The summed E-state index contributed by atoms with van der Waals surface area (Å²) >= 11 is 0. The Kier molecular flexibility index (Phi) is 3.33. The molecule has 0 heterocycles. The largest absolute Gasteiger partial charge is 0.395 e. The predicted octanol–water partition coefficient (Wildman–Crippen LogP) is 3.88. The molecule has 2 aromatic carbocycles. The van der Waals surface area contributed by atoms with Crippen LogP contribution in [0.15, 0.2) is 24.3 Å². The molecule has 0 atom stereocenters. The van der Waals surface area contributed by atoms with E-state index in [2.05, 4.69) is 5.32 Å². The number of benzene rings is 2. The molecule has 0 amide bonds. The topological polar surface area (TPSA) is 38.0 Å². The monoisotopic (exact) mass is 270 g/mol. The normalized spacial score (nSPS) is 10.6. The van der Waals surface area contributed by atoms with Crippen LogP contribution in [0.5, 0.6) is 0 Å². The number of halogens is 4. The third kappa shape index (κ3) is 2.47. The van der Waals surface area contributed by atoms with Gasteiger partial charge in [-0.15, -0.1) is 0 Å². The Bertz CT molecular complexity index is 615. The van der Waals surface area contributed by atoms with Crippen LogP contribution in [0.4, 0.5) is 34.6 Å². The van der Waals surface area contributed by atoms with E-state index in [1.54, 1.807) is 13.0 Å². The summed E-state index contributed by atoms with van der Waals surface area (Å²) in [6.07, 6.45) is 0. The maximum absolute atomic E-state index is 13.6. The minimum atomic E-state index is -1.40. The van der Waals surface area contributed by atoms with E-state index in [0.29, 0.717) is 11.6 Å². The van der Waals surface area contributed by atoms with Crippen LogP contribution in [0.2, 0.25) is 0 Å². The first-order chi connectivity index (χ1) is 8.90. The quantitative estimate of drug-likeness (QED) is 0.494. The minimum absolute atomic E-state index is 0.124. The highest BCUT2D eigenvalue weighted by Crippen LogP contribution is 2.31. The van der Waals surface area contributed by atoms with Crippen molar-refractivity contribution < 1.29 is 17.6 Å². The van der Waals surface area contributed by atoms with Crippen LogP contribution in [0.1, 0.15) is 5.56 Å². The van der Waals surface area contributed by atoms with Crippen LogP contribution >= 0.6 is 0 Å². The van der Waals surface area contributed by atoms with Crippen molar-refractivity contribution >= 4 is 17.1 Å². The zero-order valence-corrected chi connectivity index (χ0v) is 9.90. The number of hydrogen-bond acceptors (Lipinski definition) is 2. The van der Waals surface area contributed by atoms with Crippen molar-refractivity contribution in [1.29, 1.82) is 0 Å². The molecule has 0 fully saturated rings. The van der Waals surface area contributed by atoms with Crippen molar-refractivity contribution in [3.05, 3.63) is 53.1 Å². The standard InChI is InChI=1S/C13H10F4N2/c1-6-2-3-10(7(14)4-6)19-13-11(17)8(15)5-9(16)12(13)18/h2-5,19H,18H2,1H3. The number of aryl methyl sites for hydroxylation is 1. The van der Waals surface area contributed by atoms with Crippen molar-refractivity contribution in [2.45, 2.75) is 6.92 Å². The predicted molar refractivity (Wildman–Crippen MR) is 65.1 cm³/mol. The second-order valence-corrected chi connectivity index (χ2v) is 4.05. The fourth-order valence-electron chi connectivity index (χ4n) is 1.59. The van der Waals surface area contributed by atoms with Gasteiger partial charge in [0.05, 0.1) is 11.4 Å². The Morgan fingerprint density at radius 2 is 1.63 bits per heavy atom. The minimum Gasteiger partial charge on any atom is -0.395 e. The molecule has 0 aromatic heterocycles. The van der Waals surface area contributed by atoms with Crippen LogP contribution in [-0.2, 0) is 0 Å². The molecule has 0 radical (unpaired) electrons. The maximum Gasteiger partial charge on any atom is 0.184 e. The van der Waals surface area contributed by atoms with E-state index in [4.69, 9.17) is 5.73 Å². The third-order valence-electron chi connectivity index (χ3n) is 2.59. The van der Waals surface area contributed by atoms with Crippen molar-refractivity contribution in [3.63, 3.8) is 0 Å². The van der Waals surface area contributed by atoms with Crippen LogP contribution in [0.25, 0.3) is 0 Å². The lowest BCUT2D eigenvalue weighted by Gasteiger charge is -2.12. The molecule has 0 aliphatic rings. The molecule has 0 spiro atoms.